The van der Waals surface area contributed by atoms with E-state index >= 15 is 8.78 Å². The van der Waals surface area contributed by atoms with Crippen LogP contribution in [0.2, 0.25) is 0 Å². The lowest BCUT2D eigenvalue weighted by molar-refractivity contribution is -0.274. The van der Waals surface area contributed by atoms with Gasteiger partial charge in [-0.3, -0.25) is 19.0 Å². The van der Waals surface area contributed by atoms with Crippen LogP contribution >= 0.6 is 0 Å². The molecule has 2 N–H and O–H groups in total. The Bertz CT molecular complexity index is 1590. The number of nitrogens with one attached hydrogen (secondary N) is 1. The van der Waals surface area contributed by atoms with Crippen LogP contribution in [0.5, 0.6) is 11.5 Å². The maximum atomic E-state index is 15.2. The number of aliphatic hydroxyl groups excluding tert-OH is 1. The molecule has 0 spiro atoms. The van der Waals surface area contributed by atoms with E-state index in [0.717, 1.165) is 49.6 Å². The summed E-state index contributed by atoms with van der Waals surface area (Å²) in [5, 5.41) is 11.4. The van der Waals surface area contributed by atoms with E-state index < -0.39 is 83.5 Å². The van der Waals surface area contributed by atoms with Crippen molar-refractivity contribution >= 4 is 17.5 Å². The van der Waals surface area contributed by atoms with Crippen LogP contribution in [0.1, 0.15) is 27.4 Å². The summed E-state index contributed by atoms with van der Waals surface area (Å²) >= 11 is 0. The zero-order chi connectivity index (χ0) is 31.9. The topological polar surface area (TPSA) is 110 Å². The molecule has 2 amide bonds. The van der Waals surface area contributed by atoms with Crippen LogP contribution in [0.3, 0.4) is 0 Å². The number of alkyl halides is 5. The third-order valence-electron chi connectivity index (χ3n) is 6.69. The lowest BCUT2D eigenvalue weighted by Crippen LogP contribution is -2.45. The van der Waals surface area contributed by atoms with E-state index in [0.29, 0.717) is 11.1 Å². The maximum absolute atomic E-state index is 15.2. The number of benzene rings is 2. The molecular formula is C27H22F7N3O6. The number of anilines is 1. The minimum atomic E-state index is -5.00. The fourth-order valence-electron chi connectivity index (χ4n) is 4.70. The first-order valence-corrected chi connectivity index (χ1v) is 12.3. The van der Waals surface area contributed by atoms with Crippen molar-refractivity contribution in [2.75, 3.05) is 25.2 Å². The first-order chi connectivity index (χ1) is 20.1. The summed E-state index contributed by atoms with van der Waals surface area (Å²) < 4.78 is 105. The van der Waals surface area contributed by atoms with Crippen molar-refractivity contribution in [3.63, 3.8) is 0 Å². The Hall–Kier alpha value is -4.60. The number of ether oxygens (including phenoxy) is 2. The molecule has 2 atom stereocenters. The molecule has 2 aromatic carbocycles. The fourth-order valence-corrected chi connectivity index (χ4v) is 4.70. The molecular weight excluding hydrogens is 595 g/mol. The van der Waals surface area contributed by atoms with Gasteiger partial charge in [0.25, 0.3) is 11.5 Å². The fraction of sp³-hybridized carbons (Fsp3) is 0.296. The van der Waals surface area contributed by atoms with E-state index in [2.05, 4.69) is 10.1 Å². The molecule has 1 aliphatic heterocycles. The molecule has 1 aliphatic rings. The molecule has 0 radical (unpaired) electrons. The van der Waals surface area contributed by atoms with Gasteiger partial charge in [0.05, 0.1) is 7.11 Å². The van der Waals surface area contributed by atoms with Gasteiger partial charge in [0.1, 0.15) is 41.5 Å². The van der Waals surface area contributed by atoms with Crippen LogP contribution in [0, 0.1) is 18.6 Å². The summed E-state index contributed by atoms with van der Waals surface area (Å²) in [5.74, 6) is -6.90. The standard InChI is InChI=1S/C27H22F7N3O6/c1-13-7-8-37(26(30,31)12-38)25(41)22(13)36-11-17(20-18(28)9-16(42-2)10-19(20)29)21(24(36)40)35-23(39)14-3-5-15(6-4-14)43-27(32,33)34/h3-10,17,21,38H,11-12H2,1-2H3,(H,35,39)/t17-,21?/m0/s1. The van der Waals surface area contributed by atoms with E-state index in [1.807, 2.05) is 0 Å². The minimum absolute atomic E-state index is 0.0185. The number of carbonyl (C=O) groups is 2. The normalized spacial score (nSPS) is 17.3. The maximum Gasteiger partial charge on any atom is 0.573 e. The van der Waals surface area contributed by atoms with E-state index in [1.54, 1.807) is 0 Å². The second-order valence-electron chi connectivity index (χ2n) is 9.43. The van der Waals surface area contributed by atoms with E-state index in [1.165, 1.54) is 6.92 Å². The largest absolute Gasteiger partial charge is 0.573 e. The van der Waals surface area contributed by atoms with Crippen LogP contribution in [0.25, 0.3) is 0 Å². The number of pyridine rings is 1. The lowest BCUT2D eigenvalue weighted by Gasteiger charge is -2.23. The summed E-state index contributed by atoms with van der Waals surface area (Å²) in [7, 11) is 1.15. The van der Waals surface area contributed by atoms with Crippen molar-refractivity contribution in [3.8, 4) is 11.5 Å². The van der Waals surface area contributed by atoms with Crippen molar-refractivity contribution < 1.29 is 54.9 Å². The predicted molar refractivity (Wildman–Crippen MR) is 135 cm³/mol. The average molecular weight is 617 g/mol. The summed E-state index contributed by atoms with van der Waals surface area (Å²) in [4.78, 5) is 40.5. The smallest absolute Gasteiger partial charge is 0.497 e. The molecule has 4 rings (SSSR count). The van der Waals surface area contributed by atoms with Gasteiger partial charge in [-0.25, -0.2) is 8.78 Å². The highest BCUT2D eigenvalue weighted by Gasteiger charge is 2.47. The number of nitrogens with zero attached hydrogens (tertiary/aromatic N) is 2. The van der Waals surface area contributed by atoms with Crippen molar-refractivity contribution in [2.45, 2.75) is 31.3 Å². The quantitative estimate of drug-likeness (QED) is 0.373. The second-order valence-corrected chi connectivity index (χ2v) is 9.43. The molecule has 230 valence electrons. The Morgan fingerprint density at radius 2 is 1.63 bits per heavy atom. The Morgan fingerprint density at radius 3 is 2.16 bits per heavy atom. The Kier molecular flexibility index (Phi) is 8.44. The van der Waals surface area contributed by atoms with Gasteiger partial charge in [-0.1, -0.05) is 0 Å². The Morgan fingerprint density at radius 1 is 1.02 bits per heavy atom. The van der Waals surface area contributed by atoms with Gasteiger partial charge in [0.2, 0.25) is 5.91 Å². The molecule has 0 saturated carbocycles. The summed E-state index contributed by atoms with van der Waals surface area (Å²) in [6.45, 7) is -1.10. The van der Waals surface area contributed by atoms with Crippen LogP contribution in [-0.2, 0) is 10.8 Å². The molecule has 1 saturated heterocycles. The molecule has 1 unspecified atom stereocenters. The SMILES string of the molecule is COc1cc(F)c([C@@H]2CN(c3c(C)ccn(C(F)(F)CO)c3=O)C(=O)C2NC(=O)c2ccc(OC(F)(F)F)cc2)c(F)c1. The highest BCUT2D eigenvalue weighted by atomic mass is 19.4. The summed E-state index contributed by atoms with van der Waals surface area (Å²) in [6, 6.07) is 0.368. The number of methoxy groups -OCH3 is 1. The predicted octanol–water partition coefficient (Wildman–Crippen LogP) is 3.81. The summed E-state index contributed by atoms with van der Waals surface area (Å²) in [6.07, 6.45) is -4.30. The number of hydrogen-bond donors (Lipinski definition) is 2. The van der Waals surface area contributed by atoms with Gasteiger partial charge in [-0.15, -0.1) is 13.2 Å². The molecule has 1 aromatic heterocycles. The molecule has 9 nitrogen and oxygen atoms in total. The summed E-state index contributed by atoms with van der Waals surface area (Å²) in [5.41, 5.74) is -2.94. The number of amides is 2. The zero-order valence-corrected chi connectivity index (χ0v) is 22.2. The van der Waals surface area contributed by atoms with Crippen molar-refractivity contribution in [3.05, 3.63) is 87.3 Å². The number of halogens is 7. The lowest BCUT2D eigenvalue weighted by atomic mass is 9.92. The molecule has 0 aliphatic carbocycles. The number of aryl methyl sites for hydroxylation is 1. The van der Waals surface area contributed by atoms with Gasteiger partial charge in [0.15, 0.2) is 0 Å². The van der Waals surface area contributed by atoms with E-state index in [4.69, 9.17) is 9.84 Å². The first-order valence-electron chi connectivity index (χ1n) is 12.3. The Labute approximate surface area is 238 Å². The van der Waals surface area contributed by atoms with Gasteiger partial charge in [-0.2, -0.15) is 8.78 Å². The number of hydrogen-bond acceptors (Lipinski definition) is 6. The van der Waals surface area contributed by atoms with Gasteiger partial charge < -0.3 is 24.8 Å². The molecule has 3 aromatic rings. The van der Waals surface area contributed by atoms with Gasteiger partial charge in [-0.05, 0) is 42.8 Å². The van der Waals surface area contributed by atoms with Crippen LogP contribution in [0.4, 0.5) is 36.4 Å². The zero-order valence-electron chi connectivity index (χ0n) is 22.2. The average Bonchev–Trinajstić information content (AvgIpc) is 3.22. The van der Waals surface area contributed by atoms with Crippen molar-refractivity contribution in [2.24, 2.45) is 0 Å². The number of aliphatic hydroxyl groups is 1. The van der Waals surface area contributed by atoms with E-state index in [-0.39, 0.29) is 21.4 Å². The van der Waals surface area contributed by atoms with Crippen LogP contribution in [0.15, 0.2) is 53.5 Å². The molecule has 0 bridgehead atoms. The monoisotopic (exact) mass is 617 g/mol. The molecule has 43 heavy (non-hydrogen) atoms. The molecule has 16 heteroatoms. The van der Waals surface area contributed by atoms with E-state index in [9.17, 15) is 36.3 Å². The van der Waals surface area contributed by atoms with Crippen LogP contribution in [-0.4, -0.2) is 54.2 Å². The highest BCUT2D eigenvalue weighted by Crippen LogP contribution is 2.37. The highest BCUT2D eigenvalue weighted by molar-refractivity contribution is 6.05. The molecule has 1 fully saturated rings. The third-order valence-corrected chi connectivity index (χ3v) is 6.69. The van der Waals surface area contributed by atoms with Gasteiger partial charge in [0, 0.05) is 41.9 Å². The Balaban J connectivity index is 1.77. The minimum Gasteiger partial charge on any atom is -0.497 e. The van der Waals surface area contributed by atoms with Crippen molar-refractivity contribution in [1.82, 2.24) is 9.88 Å². The number of aromatic nitrogens is 1. The van der Waals surface area contributed by atoms with Gasteiger partial charge >= 0.3 is 12.4 Å². The van der Waals surface area contributed by atoms with Crippen LogP contribution < -0.4 is 25.2 Å². The first kappa shape index (κ1) is 31.3. The second kappa shape index (κ2) is 11.6. The number of carbonyl (C=O) groups excluding carboxylic acids is 2. The van der Waals surface area contributed by atoms with Crippen molar-refractivity contribution in [1.29, 1.82) is 0 Å². The molecule has 2 heterocycles. The number of rotatable bonds is 8. The third kappa shape index (κ3) is 6.28.